The SMILES string of the molecule is Cc1ccc([N+](=O)[O-])c(OC2CNCCC2C)n1. The van der Waals surface area contributed by atoms with E-state index < -0.39 is 4.92 Å². The first-order valence-corrected chi connectivity index (χ1v) is 6.07. The zero-order chi connectivity index (χ0) is 13.1. The number of ether oxygens (including phenoxy) is 1. The molecule has 18 heavy (non-hydrogen) atoms. The van der Waals surface area contributed by atoms with Crippen LogP contribution in [0.2, 0.25) is 0 Å². The molecule has 1 saturated heterocycles. The van der Waals surface area contributed by atoms with Crippen LogP contribution in [0.5, 0.6) is 5.88 Å². The summed E-state index contributed by atoms with van der Waals surface area (Å²) in [6, 6.07) is 3.06. The molecule has 1 aromatic rings. The fourth-order valence-corrected chi connectivity index (χ4v) is 2.01. The Hall–Kier alpha value is -1.69. The van der Waals surface area contributed by atoms with Crippen molar-refractivity contribution in [1.82, 2.24) is 10.3 Å². The van der Waals surface area contributed by atoms with Gasteiger partial charge in [-0.15, -0.1) is 0 Å². The summed E-state index contributed by atoms with van der Waals surface area (Å²) >= 11 is 0. The predicted octanol–water partition coefficient (Wildman–Crippen LogP) is 1.68. The molecule has 0 aliphatic carbocycles. The first-order chi connectivity index (χ1) is 8.58. The number of nitrogens with one attached hydrogen (secondary N) is 1. The van der Waals surface area contributed by atoms with Gasteiger partial charge in [0.25, 0.3) is 5.88 Å². The molecule has 1 aromatic heterocycles. The topological polar surface area (TPSA) is 77.3 Å². The lowest BCUT2D eigenvalue weighted by Crippen LogP contribution is -2.43. The van der Waals surface area contributed by atoms with Gasteiger partial charge in [0.05, 0.1) is 4.92 Å². The number of pyridine rings is 1. The highest BCUT2D eigenvalue weighted by atomic mass is 16.6. The van der Waals surface area contributed by atoms with Crippen molar-refractivity contribution in [2.45, 2.75) is 26.4 Å². The quantitative estimate of drug-likeness (QED) is 0.653. The van der Waals surface area contributed by atoms with Gasteiger partial charge >= 0.3 is 5.69 Å². The minimum absolute atomic E-state index is 0.0632. The van der Waals surface area contributed by atoms with Crippen molar-refractivity contribution < 1.29 is 9.66 Å². The van der Waals surface area contributed by atoms with Gasteiger partial charge < -0.3 is 10.1 Å². The van der Waals surface area contributed by atoms with E-state index >= 15 is 0 Å². The Morgan fingerprint density at radius 3 is 3.00 bits per heavy atom. The fourth-order valence-electron chi connectivity index (χ4n) is 2.01. The first-order valence-electron chi connectivity index (χ1n) is 6.07. The number of nitro groups is 1. The van der Waals surface area contributed by atoms with E-state index in [1.807, 2.05) is 0 Å². The first kappa shape index (κ1) is 12.8. The molecule has 2 atom stereocenters. The summed E-state index contributed by atoms with van der Waals surface area (Å²) in [5.74, 6) is 0.494. The lowest BCUT2D eigenvalue weighted by Gasteiger charge is -2.29. The van der Waals surface area contributed by atoms with E-state index in [1.54, 1.807) is 13.0 Å². The van der Waals surface area contributed by atoms with Gasteiger partial charge in [-0.05, 0) is 31.9 Å². The molecule has 6 heteroatoms. The molecular weight excluding hydrogens is 234 g/mol. The van der Waals surface area contributed by atoms with Crippen molar-refractivity contribution in [3.63, 3.8) is 0 Å². The van der Waals surface area contributed by atoms with Gasteiger partial charge in [0, 0.05) is 18.3 Å². The van der Waals surface area contributed by atoms with Crippen molar-refractivity contribution >= 4 is 5.69 Å². The van der Waals surface area contributed by atoms with E-state index in [-0.39, 0.29) is 17.7 Å². The molecular formula is C12H17N3O3. The summed E-state index contributed by atoms with van der Waals surface area (Å²) in [6.07, 6.45) is 0.941. The normalized spacial score (nSPS) is 23.7. The lowest BCUT2D eigenvalue weighted by atomic mass is 9.97. The fraction of sp³-hybridized carbons (Fsp3) is 0.583. The summed E-state index contributed by atoms with van der Waals surface area (Å²) in [6.45, 7) is 5.55. The van der Waals surface area contributed by atoms with E-state index in [0.717, 1.165) is 13.0 Å². The Morgan fingerprint density at radius 2 is 2.33 bits per heavy atom. The molecule has 0 bridgehead atoms. The Bertz CT molecular complexity index is 450. The Kier molecular flexibility index (Phi) is 3.76. The van der Waals surface area contributed by atoms with Crippen LogP contribution in [0.25, 0.3) is 0 Å². The van der Waals surface area contributed by atoms with Crippen LogP contribution in [-0.2, 0) is 0 Å². The molecule has 2 heterocycles. The maximum Gasteiger partial charge on any atom is 0.330 e. The summed E-state index contributed by atoms with van der Waals surface area (Å²) in [4.78, 5) is 14.6. The van der Waals surface area contributed by atoms with Gasteiger partial charge in [-0.25, -0.2) is 4.98 Å². The highest BCUT2D eigenvalue weighted by Crippen LogP contribution is 2.27. The van der Waals surface area contributed by atoms with Crippen molar-refractivity contribution in [3.05, 3.63) is 27.9 Å². The zero-order valence-electron chi connectivity index (χ0n) is 10.5. The molecule has 1 N–H and O–H groups in total. The molecule has 0 aromatic carbocycles. The van der Waals surface area contributed by atoms with Crippen LogP contribution < -0.4 is 10.1 Å². The zero-order valence-corrected chi connectivity index (χ0v) is 10.5. The van der Waals surface area contributed by atoms with Crippen molar-refractivity contribution in [2.75, 3.05) is 13.1 Å². The van der Waals surface area contributed by atoms with E-state index in [9.17, 15) is 10.1 Å². The van der Waals surface area contributed by atoms with Crippen LogP contribution in [0.1, 0.15) is 19.0 Å². The number of rotatable bonds is 3. The van der Waals surface area contributed by atoms with Crippen LogP contribution in [0.15, 0.2) is 12.1 Å². The standard InChI is InChI=1S/C12H17N3O3/c1-8-5-6-13-7-11(8)18-12-10(15(16)17)4-3-9(2)14-12/h3-4,8,11,13H,5-7H2,1-2H3. The predicted molar refractivity (Wildman–Crippen MR) is 66.7 cm³/mol. The van der Waals surface area contributed by atoms with Crippen molar-refractivity contribution in [3.8, 4) is 5.88 Å². The number of hydrogen-bond acceptors (Lipinski definition) is 5. The van der Waals surface area contributed by atoms with Crippen molar-refractivity contribution in [1.29, 1.82) is 0 Å². The minimum atomic E-state index is -0.456. The summed E-state index contributed by atoms with van der Waals surface area (Å²) in [5, 5.41) is 14.2. The third-order valence-corrected chi connectivity index (χ3v) is 3.20. The van der Waals surface area contributed by atoms with Gasteiger partial charge in [-0.2, -0.15) is 0 Å². The van der Waals surface area contributed by atoms with Gasteiger partial charge in [-0.1, -0.05) is 6.92 Å². The van der Waals surface area contributed by atoms with Crippen LogP contribution in [0.4, 0.5) is 5.69 Å². The maximum absolute atomic E-state index is 10.9. The third kappa shape index (κ3) is 2.76. The molecule has 1 aliphatic rings. The average Bonchev–Trinajstić information content (AvgIpc) is 2.32. The Morgan fingerprint density at radius 1 is 1.56 bits per heavy atom. The van der Waals surface area contributed by atoms with Crippen LogP contribution in [0, 0.1) is 23.0 Å². The molecule has 0 radical (unpaired) electrons. The second-order valence-corrected chi connectivity index (χ2v) is 4.66. The highest BCUT2D eigenvalue weighted by molar-refractivity contribution is 5.41. The third-order valence-electron chi connectivity index (χ3n) is 3.20. The second kappa shape index (κ2) is 5.30. The molecule has 2 rings (SSSR count). The van der Waals surface area contributed by atoms with Crippen molar-refractivity contribution in [2.24, 2.45) is 5.92 Å². The van der Waals surface area contributed by atoms with Gasteiger partial charge in [0.15, 0.2) is 0 Å². The lowest BCUT2D eigenvalue weighted by molar-refractivity contribution is -0.386. The second-order valence-electron chi connectivity index (χ2n) is 4.66. The summed E-state index contributed by atoms with van der Waals surface area (Å²) in [7, 11) is 0. The Balaban J connectivity index is 2.21. The van der Waals surface area contributed by atoms with Crippen LogP contribution >= 0.6 is 0 Å². The number of nitrogens with zero attached hydrogens (tertiary/aromatic N) is 2. The summed E-state index contributed by atoms with van der Waals surface area (Å²) in [5.41, 5.74) is 0.644. The van der Waals surface area contributed by atoms with E-state index in [0.29, 0.717) is 18.2 Å². The average molecular weight is 251 g/mol. The number of aryl methyl sites for hydroxylation is 1. The van der Waals surface area contributed by atoms with E-state index in [2.05, 4.69) is 17.2 Å². The molecule has 1 fully saturated rings. The molecule has 0 spiro atoms. The molecule has 0 saturated carbocycles. The maximum atomic E-state index is 10.9. The number of hydrogen-bond donors (Lipinski definition) is 1. The minimum Gasteiger partial charge on any atom is -0.468 e. The van der Waals surface area contributed by atoms with E-state index in [4.69, 9.17) is 4.74 Å². The highest BCUT2D eigenvalue weighted by Gasteiger charge is 2.26. The van der Waals surface area contributed by atoms with Crippen LogP contribution in [0.3, 0.4) is 0 Å². The molecule has 0 amide bonds. The molecule has 98 valence electrons. The molecule has 1 aliphatic heterocycles. The van der Waals surface area contributed by atoms with Gasteiger partial charge in [-0.3, -0.25) is 10.1 Å². The molecule has 6 nitrogen and oxygen atoms in total. The molecule has 2 unspecified atom stereocenters. The largest absolute Gasteiger partial charge is 0.468 e. The smallest absolute Gasteiger partial charge is 0.330 e. The van der Waals surface area contributed by atoms with Crippen LogP contribution in [-0.4, -0.2) is 29.1 Å². The monoisotopic (exact) mass is 251 g/mol. The van der Waals surface area contributed by atoms with Gasteiger partial charge in [0.2, 0.25) is 0 Å². The number of piperidine rings is 1. The summed E-state index contributed by atoms with van der Waals surface area (Å²) < 4.78 is 5.73. The van der Waals surface area contributed by atoms with Gasteiger partial charge in [0.1, 0.15) is 6.10 Å². The number of aromatic nitrogens is 1. The van der Waals surface area contributed by atoms with E-state index in [1.165, 1.54) is 6.07 Å². The Labute approximate surface area is 106 Å².